The summed E-state index contributed by atoms with van der Waals surface area (Å²) in [7, 11) is 0. The van der Waals surface area contributed by atoms with E-state index in [2.05, 4.69) is 12.2 Å². The minimum Gasteiger partial charge on any atom is -0.345 e. The van der Waals surface area contributed by atoms with E-state index >= 15 is 0 Å². The average Bonchev–Trinajstić information content (AvgIpc) is 2.47. The number of benzene rings is 2. The van der Waals surface area contributed by atoms with E-state index in [0.29, 0.717) is 10.6 Å². The van der Waals surface area contributed by atoms with Gasteiger partial charge < -0.3 is 5.32 Å². The zero-order valence-corrected chi connectivity index (χ0v) is 12.4. The first-order chi connectivity index (χ1) is 9.61. The van der Waals surface area contributed by atoms with Crippen molar-refractivity contribution >= 4 is 17.5 Å². The van der Waals surface area contributed by atoms with Crippen LogP contribution in [-0.2, 0) is 6.42 Å². The summed E-state index contributed by atoms with van der Waals surface area (Å²) in [5.41, 5.74) is 2.81. The molecule has 0 saturated carbocycles. The SMILES string of the molecule is CCc1ccc(C(=O)NC(C)c2ccccc2Cl)cc1. The molecule has 0 radical (unpaired) electrons. The number of aryl methyl sites for hydroxylation is 1. The van der Waals surface area contributed by atoms with E-state index in [0.717, 1.165) is 12.0 Å². The van der Waals surface area contributed by atoms with E-state index in [1.807, 2.05) is 55.5 Å². The second kappa shape index (κ2) is 6.58. The normalized spacial score (nSPS) is 11.9. The maximum absolute atomic E-state index is 12.2. The highest BCUT2D eigenvalue weighted by Gasteiger charge is 2.13. The topological polar surface area (TPSA) is 29.1 Å². The molecule has 0 saturated heterocycles. The molecule has 1 amide bonds. The van der Waals surface area contributed by atoms with Gasteiger partial charge in [0.15, 0.2) is 0 Å². The quantitative estimate of drug-likeness (QED) is 0.887. The Morgan fingerprint density at radius 3 is 2.40 bits per heavy atom. The van der Waals surface area contributed by atoms with Crippen LogP contribution in [0.4, 0.5) is 0 Å². The molecule has 2 aromatic rings. The molecule has 2 nitrogen and oxygen atoms in total. The molecule has 1 atom stereocenters. The van der Waals surface area contributed by atoms with E-state index in [1.165, 1.54) is 5.56 Å². The lowest BCUT2D eigenvalue weighted by atomic mass is 10.1. The average molecular weight is 288 g/mol. The highest BCUT2D eigenvalue weighted by atomic mass is 35.5. The van der Waals surface area contributed by atoms with E-state index in [-0.39, 0.29) is 11.9 Å². The smallest absolute Gasteiger partial charge is 0.251 e. The molecule has 2 rings (SSSR count). The molecular formula is C17H18ClNO. The number of nitrogens with one attached hydrogen (secondary N) is 1. The van der Waals surface area contributed by atoms with Crippen molar-refractivity contribution in [2.45, 2.75) is 26.3 Å². The summed E-state index contributed by atoms with van der Waals surface area (Å²) < 4.78 is 0. The van der Waals surface area contributed by atoms with Crippen LogP contribution in [0.15, 0.2) is 48.5 Å². The molecule has 20 heavy (non-hydrogen) atoms. The van der Waals surface area contributed by atoms with Crippen LogP contribution in [0.3, 0.4) is 0 Å². The third-order valence-electron chi connectivity index (χ3n) is 3.34. The first kappa shape index (κ1) is 14.6. The van der Waals surface area contributed by atoms with Crippen molar-refractivity contribution in [2.75, 3.05) is 0 Å². The molecule has 0 heterocycles. The number of hydrogen-bond acceptors (Lipinski definition) is 1. The van der Waals surface area contributed by atoms with Crippen LogP contribution >= 0.6 is 11.6 Å². The fourth-order valence-electron chi connectivity index (χ4n) is 2.08. The summed E-state index contributed by atoms with van der Waals surface area (Å²) >= 11 is 6.14. The van der Waals surface area contributed by atoms with Crippen LogP contribution < -0.4 is 5.32 Å². The van der Waals surface area contributed by atoms with E-state index in [1.54, 1.807) is 0 Å². The lowest BCUT2D eigenvalue weighted by Crippen LogP contribution is -2.26. The molecule has 0 aliphatic heterocycles. The molecule has 0 fully saturated rings. The molecule has 2 aromatic carbocycles. The third-order valence-corrected chi connectivity index (χ3v) is 3.69. The van der Waals surface area contributed by atoms with Crippen LogP contribution in [0.25, 0.3) is 0 Å². The van der Waals surface area contributed by atoms with Crippen molar-refractivity contribution in [2.24, 2.45) is 0 Å². The predicted octanol–water partition coefficient (Wildman–Crippen LogP) is 4.39. The van der Waals surface area contributed by atoms with Crippen molar-refractivity contribution in [3.63, 3.8) is 0 Å². The maximum atomic E-state index is 12.2. The van der Waals surface area contributed by atoms with Crippen LogP contribution in [0, 0.1) is 0 Å². The zero-order valence-electron chi connectivity index (χ0n) is 11.7. The Morgan fingerprint density at radius 1 is 1.15 bits per heavy atom. The van der Waals surface area contributed by atoms with Gasteiger partial charge in [-0.25, -0.2) is 0 Å². The second-order valence-corrected chi connectivity index (χ2v) is 5.17. The van der Waals surface area contributed by atoms with Gasteiger partial charge in [0.05, 0.1) is 6.04 Å². The molecule has 0 aliphatic carbocycles. The first-order valence-corrected chi connectivity index (χ1v) is 7.14. The standard InChI is InChI=1S/C17H18ClNO/c1-3-13-8-10-14(11-9-13)17(20)19-12(2)15-6-4-5-7-16(15)18/h4-12H,3H2,1-2H3,(H,19,20). The Labute approximate surface area is 124 Å². The molecule has 1 unspecified atom stereocenters. The van der Waals surface area contributed by atoms with Gasteiger partial charge in [-0.05, 0) is 42.7 Å². The Bertz CT molecular complexity index is 592. The van der Waals surface area contributed by atoms with Gasteiger partial charge in [-0.1, -0.05) is 48.9 Å². The molecule has 0 spiro atoms. The minimum atomic E-state index is -0.123. The number of rotatable bonds is 4. The molecule has 3 heteroatoms. The van der Waals surface area contributed by atoms with Gasteiger partial charge >= 0.3 is 0 Å². The van der Waals surface area contributed by atoms with Crippen molar-refractivity contribution in [3.8, 4) is 0 Å². The molecular weight excluding hydrogens is 270 g/mol. The molecule has 0 aliphatic rings. The second-order valence-electron chi connectivity index (χ2n) is 4.77. The lowest BCUT2D eigenvalue weighted by molar-refractivity contribution is 0.0940. The molecule has 1 N–H and O–H groups in total. The van der Waals surface area contributed by atoms with Gasteiger partial charge in [0, 0.05) is 10.6 Å². The highest BCUT2D eigenvalue weighted by Crippen LogP contribution is 2.22. The van der Waals surface area contributed by atoms with Crippen molar-refractivity contribution in [1.82, 2.24) is 5.32 Å². The lowest BCUT2D eigenvalue weighted by Gasteiger charge is -2.15. The summed E-state index contributed by atoms with van der Waals surface area (Å²) in [6, 6.07) is 15.1. The zero-order chi connectivity index (χ0) is 14.5. The number of halogens is 1. The highest BCUT2D eigenvalue weighted by molar-refractivity contribution is 6.31. The Hall–Kier alpha value is -1.80. The van der Waals surface area contributed by atoms with Gasteiger partial charge in [-0.3, -0.25) is 4.79 Å². The molecule has 104 valence electrons. The largest absolute Gasteiger partial charge is 0.345 e. The van der Waals surface area contributed by atoms with Gasteiger partial charge in [0.25, 0.3) is 5.91 Å². The van der Waals surface area contributed by atoms with Crippen LogP contribution in [0.5, 0.6) is 0 Å². The van der Waals surface area contributed by atoms with E-state index in [4.69, 9.17) is 11.6 Å². The first-order valence-electron chi connectivity index (χ1n) is 6.76. The fourth-order valence-corrected chi connectivity index (χ4v) is 2.38. The Morgan fingerprint density at radius 2 is 1.80 bits per heavy atom. The van der Waals surface area contributed by atoms with Crippen molar-refractivity contribution in [3.05, 3.63) is 70.2 Å². The van der Waals surface area contributed by atoms with Crippen LogP contribution in [-0.4, -0.2) is 5.91 Å². The Balaban J connectivity index is 2.09. The summed E-state index contributed by atoms with van der Waals surface area (Å²) in [5, 5.41) is 3.64. The van der Waals surface area contributed by atoms with Crippen molar-refractivity contribution in [1.29, 1.82) is 0 Å². The van der Waals surface area contributed by atoms with Gasteiger partial charge in [-0.2, -0.15) is 0 Å². The number of amides is 1. The maximum Gasteiger partial charge on any atom is 0.251 e. The number of carbonyl (C=O) groups excluding carboxylic acids is 1. The van der Waals surface area contributed by atoms with Crippen LogP contribution in [0.2, 0.25) is 5.02 Å². The fraction of sp³-hybridized carbons (Fsp3) is 0.235. The predicted molar refractivity (Wildman–Crippen MR) is 83.2 cm³/mol. The summed E-state index contributed by atoms with van der Waals surface area (Å²) in [6.07, 6.45) is 0.970. The van der Waals surface area contributed by atoms with Gasteiger partial charge in [-0.15, -0.1) is 0 Å². The molecule has 0 aromatic heterocycles. The summed E-state index contributed by atoms with van der Waals surface area (Å²) in [4.78, 5) is 12.2. The van der Waals surface area contributed by atoms with Crippen LogP contribution in [0.1, 0.15) is 41.4 Å². The minimum absolute atomic E-state index is 0.0833. The van der Waals surface area contributed by atoms with Crippen molar-refractivity contribution < 1.29 is 4.79 Å². The Kier molecular flexibility index (Phi) is 4.80. The van der Waals surface area contributed by atoms with Gasteiger partial charge in [0.2, 0.25) is 0 Å². The summed E-state index contributed by atoms with van der Waals surface area (Å²) in [6.45, 7) is 4.02. The van der Waals surface area contributed by atoms with E-state index in [9.17, 15) is 4.79 Å². The number of hydrogen-bond donors (Lipinski definition) is 1. The monoisotopic (exact) mass is 287 g/mol. The van der Waals surface area contributed by atoms with Gasteiger partial charge in [0.1, 0.15) is 0 Å². The molecule has 0 bridgehead atoms. The summed E-state index contributed by atoms with van der Waals surface area (Å²) in [5.74, 6) is -0.0833. The third kappa shape index (κ3) is 3.40. The number of carbonyl (C=O) groups is 1. The van der Waals surface area contributed by atoms with E-state index < -0.39 is 0 Å².